The topological polar surface area (TPSA) is 114 Å². The lowest BCUT2D eigenvalue weighted by molar-refractivity contribution is -0.143. The van der Waals surface area contributed by atoms with Crippen LogP contribution in [0.1, 0.15) is 0 Å². The minimum absolute atomic E-state index is 0.192. The molecule has 1 rings (SSSR count). The Kier molecular flexibility index (Phi) is 5.21. The van der Waals surface area contributed by atoms with Gasteiger partial charge in [-0.2, -0.15) is 4.40 Å². The molecule has 0 fully saturated rings. The Hall–Kier alpha value is -1.71. The highest BCUT2D eigenvalue weighted by molar-refractivity contribution is 7.89. The van der Waals surface area contributed by atoms with Crippen molar-refractivity contribution in [1.82, 2.24) is 5.48 Å². The van der Waals surface area contributed by atoms with E-state index in [1.165, 1.54) is 25.3 Å². The second-order valence-corrected chi connectivity index (χ2v) is 5.29. The number of carboxylic acids is 1. The summed E-state index contributed by atoms with van der Waals surface area (Å²) in [5.41, 5.74) is 3.04. The van der Waals surface area contributed by atoms with Gasteiger partial charge in [-0.05, 0) is 18.2 Å². The molecule has 0 aliphatic heterocycles. The number of hydrogen-bond donors (Lipinski definition) is 2. The number of rotatable bonds is 6. The fraction of sp³-hybridized carbons (Fsp3) is 0.400. The molecule has 0 aromatic carbocycles. The van der Waals surface area contributed by atoms with E-state index in [1.54, 1.807) is 0 Å². The van der Waals surface area contributed by atoms with Gasteiger partial charge in [0.05, 0.1) is 24.8 Å². The van der Waals surface area contributed by atoms with Crippen LogP contribution in [0.15, 0.2) is 28.3 Å². The van der Waals surface area contributed by atoms with Gasteiger partial charge in [0.2, 0.25) is 0 Å². The molecule has 0 radical (unpaired) electrons. The number of hydroxylamine groups is 1. The molecular weight excluding hydrogens is 276 g/mol. The summed E-state index contributed by atoms with van der Waals surface area (Å²) in [6.07, 6.45) is 4.60. The zero-order chi connectivity index (χ0) is 14.5. The molecule has 1 unspecified atom stereocenters. The summed E-state index contributed by atoms with van der Waals surface area (Å²) in [7, 11) is -2.15. The number of allylic oxidation sites excluding steroid dienone is 2. The van der Waals surface area contributed by atoms with E-state index in [1.807, 2.05) is 0 Å². The van der Waals surface area contributed by atoms with Crippen molar-refractivity contribution in [2.75, 3.05) is 20.0 Å². The van der Waals surface area contributed by atoms with Crippen LogP contribution >= 0.6 is 0 Å². The third-order valence-corrected chi connectivity index (χ3v) is 2.47. The molecule has 1 atom stereocenters. The standard InChI is InChI=1S/C10H14N2O6S/c1-17-11-8-5-7(12-19(2,15)16)3-4-9(8)18-6-10(13)14/h3-5,9,11H,6H2,1-2H3,(H,13,14). The first-order chi connectivity index (χ1) is 8.81. The van der Waals surface area contributed by atoms with Crippen LogP contribution in [0.25, 0.3) is 0 Å². The molecule has 1 aliphatic rings. The van der Waals surface area contributed by atoms with E-state index in [4.69, 9.17) is 14.7 Å². The molecule has 9 heteroatoms. The van der Waals surface area contributed by atoms with E-state index in [2.05, 4.69) is 9.88 Å². The molecule has 0 saturated heterocycles. The van der Waals surface area contributed by atoms with Crippen LogP contribution in [0.3, 0.4) is 0 Å². The molecule has 0 aromatic heterocycles. The monoisotopic (exact) mass is 290 g/mol. The third kappa shape index (κ3) is 5.64. The summed E-state index contributed by atoms with van der Waals surface area (Å²) < 4.78 is 30.7. The molecule has 1 aliphatic carbocycles. The SMILES string of the molecule is CONC1=CC(=NS(C)(=O)=O)C=CC1OCC(=O)O. The molecule has 0 bridgehead atoms. The van der Waals surface area contributed by atoms with E-state index in [9.17, 15) is 13.2 Å². The second-order valence-electron chi connectivity index (χ2n) is 3.64. The quantitative estimate of drug-likeness (QED) is 0.631. The lowest BCUT2D eigenvalue weighted by Crippen LogP contribution is -2.29. The molecule has 0 aromatic rings. The largest absolute Gasteiger partial charge is 0.480 e. The number of aliphatic carboxylic acids is 1. The number of carboxylic acid groups (broad SMARTS) is 1. The molecule has 2 N–H and O–H groups in total. The van der Waals surface area contributed by atoms with Crippen LogP contribution in [0.2, 0.25) is 0 Å². The van der Waals surface area contributed by atoms with Crippen molar-refractivity contribution in [3.05, 3.63) is 23.9 Å². The molecule has 19 heavy (non-hydrogen) atoms. The highest BCUT2D eigenvalue weighted by atomic mass is 32.2. The molecule has 0 amide bonds. The molecule has 0 heterocycles. The zero-order valence-corrected chi connectivity index (χ0v) is 11.2. The molecule has 106 valence electrons. The maximum atomic E-state index is 11.0. The maximum Gasteiger partial charge on any atom is 0.329 e. The van der Waals surface area contributed by atoms with E-state index in [0.717, 1.165) is 6.26 Å². The summed E-state index contributed by atoms with van der Waals surface area (Å²) in [4.78, 5) is 15.1. The van der Waals surface area contributed by atoms with Crippen molar-refractivity contribution >= 4 is 21.7 Å². The van der Waals surface area contributed by atoms with Crippen LogP contribution in [0.5, 0.6) is 0 Å². The van der Waals surface area contributed by atoms with E-state index < -0.39 is 28.7 Å². The van der Waals surface area contributed by atoms with Gasteiger partial charge in [0.25, 0.3) is 10.0 Å². The average molecular weight is 290 g/mol. The van der Waals surface area contributed by atoms with Crippen molar-refractivity contribution < 1.29 is 27.9 Å². The normalized spacial score (nSPS) is 21.3. The molecule has 0 spiro atoms. The lowest BCUT2D eigenvalue weighted by Gasteiger charge is -2.20. The predicted molar refractivity (Wildman–Crippen MR) is 67.0 cm³/mol. The van der Waals surface area contributed by atoms with E-state index in [0.29, 0.717) is 5.70 Å². The maximum absolute atomic E-state index is 11.0. The average Bonchev–Trinajstić information content (AvgIpc) is 2.26. The highest BCUT2D eigenvalue weighted by Crippen LogP contribution is 2.13. The minimum Gasteiger partial charge on any atom is -0.480 e. The van der Waals surface area contributed by atoms with E-state index >= 15 is 0 Å². The van der Waals surface area contributed by atoms with Gasteiger partial charge < -0.3 is 9.84 Å². The van der Waals surface area contributed by atoms with Gasteiger partial charge >= 0.3 is 5.97 Å². The number of hydrogen-bond acceptors (Lipinski definition) is 6. The third-order valence-electron chi connectivity index (χ3n) is 1.93. The number of nitrogens with one attached hydrogen (secondary N) is 1. The summed E-state index contributed by atoms with van der Waals surface area (Å²) >= 11 is 0. The van der Waals surface area contributed by atoms with Gasteiger partial charge in [0.1, 0.15) is 12.7 Å². The number of sulfonamides is 1. The van der Waals surface area contributed by atoms with Gasteiger partial charge in [0.15, 0.2) is 0 Å². The van der Waals surface area contributed by atoms with Crippen molar-refractivity contribution in [2.24, 2.45) is 4.40 Å². The van der Waals surface area contributed by atoms with Crippen molar-refractivity contribution in [3.63, 3.8) is 0 Å². The van der Waals surface area contributed by atoms with Gasteiger partial charge in [0, 0.05) is 0 Å². The minimum atomic E-state index is -3.52. The Bertz CT molecular complexity index is 534. The Morgan fingerprint density at radius 2 is 2.26 bits per heavy atom. The first-order valence-electron chi connectivity index (χ1n) is 5.14. The van der Waals surface area contributed by atoms with Gasteiger partial charge in [-0.15, -0.1) is 0 Å². The Labute approximate surface area is 110 Å². The number of carbonyl (C=O) groups is 1. The smallest absolute Gasteiger partial charge is 0.329 e. The first-order valence-corrected chi connectivity index (χ1v) is 6.99. The zero-order valence-electron chi connectivity index (χ0n) is 10.4. The van der Waals surface area contributed by atoms with Crippen LogP contribution < -0.4 is 5.48 Å². The Balaban J connectivity index is 2.90. The van der Waals surface area contributed by atoms with Gasteiger partial charge in [-0.3, -0.25) is 10.3 Å². The van der Waals surface area contributed by atoms with Crippen molar-refractivity contribution in [2.45, 2.75) is 6.10 Å². The number of nitrogens with zero attached hydrogens (tertiary/aromatic N) is 1. The number of ether oxygens (including phenoxy) is 1. The second kappa shape index (κ2) is 6.45. The Morgan fingerprint density at radius 3 is 2.79 bits per heavy atom. The van der Waals surface area contributed by atoms with Gasteiger partial charge in [-0.1, -0.05) is 0 Å². The summed E-state index contributed by atoms with van der Waals surface area (Å²) in [5.74, 6) is -1.11. The fourth-order valence-corrected chi connectivity index (χ4v) is 1.84. The molecule has 8 nitrogen and oxygen atoms in total. The molecule has 0 saturated carbocycles. The van der Waals surface area contributed by atoms with Crippen molar-refractivity contribution in [1.29, 1.82) is 0 Å². The van der Waals surface area contributed by atoms with Crippen LogP contribution in [0.4, 0.5) is 0 Å². The predicted octanol–water partition coefficient (Wildman–Crippen LogP) is -0.538. The summed E-state index contributed by atoms with van der Waals surface area (Å²) in [6, 6.07) is 0. The van der Waals surface area contributed by atoms with Gasteiger partial charge in [-0.25, -0.2) is 13.2 Å². The lowest BCUT2D eigenvalue weighted by atomic mass is 10.1. The first kappa shape index (κ1) is 15.3. The van der Waals surface area contributed by atoms with Crippen LogP contribution in [-0.4, -0.2) is 51.3 Å². The summed E-state index contributed by atoms with van der Waals surface area (Å²) in [6.45, 7) is -0.490. The van der Waals surface area contributed by atoms with Crippen molar-refractivity contribution in [3.8, 4) is 0 Å². The van der Waals surface area contributed by atoms with E-state index in [-0.39, 0.29) is 5.71 Å². The summed E-state index contributed by atoms with van der Waals surface area (Å²) in [5, 5.41) is 8.54. The Morgan fingerprint density at radius 1 is 1.58 bits per heavy atom. The van der Waals surface area contributed by atoms with Crippen LogP contribution in [0, 0.1) is 0 Å². The highest BCUT2D eigenvalue weighted by Gasteiger charge is 2.18. The fourth-order valence-electron chi connectivity index (χ4n) is 1.34. The van der Waals surface area contributed by atoms with Crippen LogP contribution in [-0.2, 0) is 24.4 Å². The molecular formula is C10H14N2O6S.